The molecule has 2 rings (SSSR count). The van der Waals surface area contributed by atoms with Crippen molar-refractivity contribution in [3.05, 3.63) is 29.6 Å². The number of nitrogens with one attached hydrogen (secondary N) is 1. The second-order valence-electron chi connectivity index (χ2n) is 5.83. The third-order valence-corrected chi connectivity index (χ3v) is 5.18. The summed E-state index contributed by atoms with van der Waals surface area (Å²) in [6, 6.07) is 3.41. The molecule has 1 aliphatic carbocycles. The summed E-state index contributed by atoms with van der Waals surface area (Å²) in [7, 11) is -3.93. The van der Waals surface area contributed by atoms with E-state index >= 15 is 0 Å². The first-order valence-corrected chi connectivity index (χ1v) is 9.48. The molecule has 1 fully saturated rings. The molecule has 1 aliphatic rings. The fraction of sp³-hybridized carbons (Fsp3) is 0.562. The molecule has 5 nitrogen and oxygen atoms in total. The lowest BCUT2D eigenvalue weighted by molar-refractivity contribution is 0.0755. The molecule has 0 saturated heterocycles. The predicted octanol–water partition coefficient (Wildman–Crippen LogP) is 2.53. The van der Waals surface area contributed by atoms with Crippen LogP contribution in [0, 0.1) is 5.82 Å². The molecule has 0 unspecified atom stereocenters. The van der Waals surface area contributed by atoms with E-state index in [9.17, 15) is 17.6 Å². The SMILES string of the molecule is CCCN(CCC)C(=O)c1ccc(F)c(S(=O)(=O)NC2CC2)c1. The minimum absolute atomic E-state index is 0.115. The Morgan fingerprint density at radius 3 is 2.39 bits per heavy atom. The van der Waals surface area contributed by atoms with Gasteiger partial charge in [0.15, 0.2) is 0 Å². The summed E-state index contributed by atoms with van der Waals surface area (Å²) in [5.41, 5.74) is 0.199. The van der Waals surface area contributed by atoms with Crippen LogP contribution in [0.1, 0.15) is 49.9 Å². The highest BCUT2D eigenvalue weighted by atomic mass is 32.2. The average Bonchev–Trinajstić information content (AvgIpc) is 3.30. The van der Waals surface area contributed by atoms with Crippen LogP contribution in [0.2, 0.25) is 0 Å². The van der Waals surface area contributed by atoms with Gasteiger partial charge in [-0.3, -0.25) is 4.79 Å². The first-order valence-electron chi connectivity index (χ1n) is 8.00. The summed E-state index contributed by atoms with van der Waals surface area (Å²) in [5, 5.41) is 0. The molecule has 1 amide bonds. The van der Waals surface area contributed by atoms with Gasteiger partial charge in [0.25, 0.3) is 5.91 Å². The second-order valence-corrected chi connectivity index (χ2v) is 7.52. The molecule has 0 bridgehead atoms. The zero-order valence-electron chi connectivity index (χ0n) is 13.5. The van der Waals surface area contributed by atoms with Crippen molar-refractivity contribution >= 4 is 15.9 Å². The Morgan fingerprint density at radius 2 is 1.87 bits per heavy atom. The zero-order chi connectivity index (χ0) is 17.0. The molecule has 1 N–H and O–H groups in total. The smallest absolute Gasteiger partial charge is 0.253 e. The van der Waals surface area contributed by atoms with Crippen LogP contribution in [0.25, 0.3) is 0 Å². The molecule has 1 aromatic carbocycles. The first-order chi connectivity index (χ1) is 10.9. The molecule has 0 atom stereocenters. The molecule has 1 aromatic rings. The maximum absolute atomic E-state index is 14.0. The van der Waals surface area contributed by atoms with Crippen molar-refractivity contribution in [1.29, 1.82) is 0 Å². The number of halogens is 1. The van der Waals surface area contributed by atoms with Crippen LogP contribution in [-0.2, 0) is 10.0 Å². The van der Waals surface area contributed by atoms with E-state index in [2.05, 4.69) is 4.72 Å². The van der Waals surface area contributed by atoms with Crippen LogP contribution < -0.4 is 4.72 Å². The van der Waals surface area contributed by atoms with Crippen molar-refractivity contribution in [2.75, 3.05) is 13.1 Å². The number of amides is 1. The largest absolute Gasteiger partial charge is 0.339 e. The Balaban J connectivity index is 2.29. The number of carbonyl (C=O) groups excluding carboxylic acids is 1. The third kappa shape index (κ3) is 4.51. The van der Waals surface area contributed by atoms with Crippen LogP contribution in [0.4, 0.5) is 4.39 Å². The van der Waals surface area contributed by atoms with Gasteiger partial charge in [0.1, 0.15) is 10.7 Å². The summed E-state index contributed by atoms with van der Waals surface area (Å²) in [6.07, 6.45) is 3.14. The minimum Gasteiger partial charge on any atom is -0.339 e. The predicted molar refractivity (Wildman–Crippen MR) is 86.2 cm³/mol. The lowest BCUT2D eigenvalue weighted by Crippen LogP contribution is -2.33. The molecule has 0 aliphatic heterocycles. The molecule has 0 heterocycles. The maximum atomic E-state index is 14.0. The fourth-order valence-corrected chi connectivity index (χ4v) is 3.77. The van der Waals surface area contributed by atoms with Crippen molar-refractivity contribution in [2.45, 2.75) is 50.5 Å². The molecule has 0 aromatic heterocycles. The molecular weight excluding hydrogens is 319 g/mol. The van der Waals surface area contributed by atoms with Gasteiger partial charge in [-0.05, 0) is 43.9 Å². The van der Waals surface area contributed by atoms with Gasteiger partial charge < -0.3 is 4.90 Å². The molecule has 23 heavy (non-hydrogen) atoms. The quantitative estimate of drug-likeness (QED) is 0.789. The van der Waals surface area contributed by atoms with E-state index in [0.717, 1.165) is 37.8 Å². The van der Waals surface area contributed by atoms with Gasteiger partial charge in [-0.25, -0.2) is 17.5 Å². The van der Waals surface area contributed by atoms with Gasteiger partial charge in [-0.1, -0.05) is 13.8 Å². The van der Waals surface area contributed by atoms with Crippen molar-refractivity contribution in [2.24, 2.45) is 0 Å². The molecule has 128 valence electrons. The van der Waals surface area contributed by atoms with Gasteiger partial charge >= 0.3 is 0 Å². The van der Waals surface area contributed by atoms with Crippen LogP contribution in [0.15, 0.2) is 23.1 Å². The lowest BCUT2D eigenvalue weighted by Gasteiger charge is -2.21. The van der Waals surface area contributed by atoms with Crippen LogP contribution in [-0.4, -0.2) is 38.4 Å². The topological polar surface area (TPSA) is 66.5 Å². The zero-order valence-corrected chi connectivity index (χ0v) is 14.3. The number of nitrogens with zero attached hydrogens (tertiary/aromatic N) is 1. The highest BCUT2D eigenvalue weighted by molar-refractivity contribution is 7.89. The van der Waals surface area contributed by atoms with E-state index in [1.807, 2.05) is 13.8 Å². The Hall–Kier alpha value is -1.47. The van der Waals surface area contributed by atoms with E-state index in [-0.39, 0.29) is 17.5 Å². The number of hydrogen-bond donors (Lipinski definition) is 1. The number of carbonyl (C=O) groups is 1. The van der Waals surface area contributed by atoms with Gasteiger partial charge in [0, 0.05) is 24.7 Å². The molecular formula is C16H23FN2O3S. The van der Waals surface area contributed by atoms with Gasteiger partial charge in [0.2, 0.25) is 10.0 Å². The summed E-state index contributed by atoms with van der Waals surface area (Å²) < 4.78 is 40.8. The van der Waals surface area contributed by atoms with Crippen molar-refractivity contribution in [1.82, 2.24) is 9.62 Å². The standard InChI is InChI=1S/C16H23FN2O3S/c1-3-9-19(10-4-2)16(20)12-5-8-14(17)15(11-12)23(21,22)18-13-6-7-13/h5,8,11,13,18H,3-4,6-7,9-10H2,1-2H3. The minimum atomic E-state index is -3.93. The van der Waals surface area contributed by atoms with Crippen molar-refractivity contribution < 1.29 is 17.6 Å². The Kier molecular flexibility index (Phi) is 5.75. The Bertz CT molecular complexity index is 666. The van der Waals surface area contributed by atoms with E-state index in [0.29, 0.717) is 13.1 Å². The molecule has 7 heteroatoms. The maximum Gasteiger partial charge on any atom is 0.253 e. The normalized spacial score (nSPS) is 14.7. The van der Waals surface area contributed by atoms with E-state index in [1.165, 1.54) is 6.07 Å². The molecule has 0 radical (unpaired) electrons. The summed E-state index contributed by atoms with van der Waals surface area (Å²) in [5.74, 6) is -1.11. The van der Waals surface area contributed by atoms with E-state index in [1.54, 1.807) is 4.90 Å². The van der Waals surface area contributed by atoms with Gasteiger partial charge in [0.05, 0.1) is 0 Å². The second kappa shape index (κ2) is 7.40. The fourth-order valence-electron chi connectivity index (χ4n) is 2.36. The third-order valence-electron chi connectivity index (χ3n) is 3.64. The van der Waals surface area contributed by atoms with Crippen LogP contribution in [0.3, 0.4) is 0 Å². The molecule has 0 spiro atoms. The average molecular weight is 342 g/mol. The van der Waals surface area contributed by atoms with E-state index < -0.39 is 20.7 Å². The van der Waals surface area contributed by atoms with Gasteiger partial charge in [-0.15, -0.1) is 0 Å². The van der Waals surface area contributed by atoms with Gasteiger partial charge in [-0.2, -0.15) is 0 Å². The lowest BCUT2D eigenvalue weighted by atomic mass is 10.2. The summed E-state index contributed by atoms with van der Waals surface area (Å²) >= 11 is 0. The number of sulfonamides is 1. The van der Waals surface area contributed by atoms with Crippen LogP contribution >= 0.6 is 0 Å². The highest BCUT2D eigenvalue weighted by Gasteiger charge is 2.30. The number of rotatable bonds is 8. The van der Waals surface area contributed by atoms with Crippen molar-refractivity contribution in [3.8, 4) is 0 Å². The highest BCUT2D eigenvalue weighted by Crippen LogP contribution is 2.24. The van der Waals surface area contributed by atoms with Crippen molar-refractivity contribution in [3.63, 3.8) is 0 Å². The number of hydrogen-bond acceptors (Lipinski definition) is 3. The Labute approximate surface area is 136 Å². The summed E-state index contributed by atoms with van der Waals surface area (Å²) in [6.45, 7) is 5.12. The monoisotopic (exact) mass is 342 g/mol. The number of benzene rings is 1. The molecule has 1 saturated carbocycles. The summed E-state index contributed by atoms with van der Waals surface area (Å²) in [4.78, 5) is 13.7. The van der Waals surface area contributed by atoms with E-state index in [4.69, 9.17) is 0 Å². The first kappa shape index (κ1) is 17.9. The Morgan fingerprint density at radius 1 is 1.26 bits per heavy atom. The van der Waals surface area contributed by atoms with Crippen LogP contribution in [0.5, 0.6) is 0 Å².